The molecule has 66 valence electrons. The van der Waals surface area contributed by atoms with E-state index in [2.05, 4.69) is 4.42 Å². The van der Waals surface area contributed by atoms with Crippen LogP contribution in [-0.2, 0) is 10.1 Å². The molecule has 1 aromatic heterocycles. The summed E-state index contributed by atoms with van der Waals surface area (Å²) >= 11 is 0. The first-order valence-corrected chi connectivity index (χ1v) is 4.43. The van der Waals surface area contributed by atoms with Gasteiger partial charge in [-0.2, -0.15) is 8.42 Å². The van der Waals surface area contributed by atoms with Crippen molar-refractivity contribution in [3.8, 4) is 0 Å². The maximum absolute atomic E-state index is 10.6. The zero-order valence-corrected chi connectivity index (χ0v) is 6.96. The fraction of sp³-hybridized carbons (Fsp3) is 0.167. The highest BCUT2D eigenvalue weighted by Crippen LogP contribution is 2.13. The third-order valence-corrected chi connectivity index (χ3v) is 1.91. The van der Waals surface area contributed by atoms with E-state index in [9.17, 15) is 13.2 Å². The van der Waals surface area contributed by atoms with Gasteiger partial charge in [0.25, 0.3) is 0 Å². The average Bonchev–Trinajstić information content (AvgIpc) is 2.30. The molecule has 0 saturated carbocycles. The molecular weight excluding hydrogens is 184 g/mol. The molecule has 0 atom stereocenters. The molecule has 6 heteroatoms. The molecule has 0 bridgehead atoms. The minimum atomic E-state index is -4.33. The van der Waals surface area contributed by atoms with Gasteiger partial charge < -0.3 is 4.42 Å². The number of Topliss-reactive ketones (excluding diaryl/α,β-unsaturated/α-hetero) is 1. The number of rotatable bonds is 2. The molecule has 0 aliphatic rings. The van der Waals surface area contributed by atoms with Gasteiger partial charge in [-0.1, -0.05) is 0 Å². The summed E-state index contributed by atoms with van der Waals surface area (Å²) in [5.41, 5.74) is 0. The Kier molecular flexibility index (Phi) is 2.03. The van der Waals surface area contributed by atoms with Crippen molar-refractivity contribution in [2.45, 2.75) is 12.0 Å². The summed E-state index contributed by atoms with van der Waals surface area (Å²) in [4.78, 5) is 10.6. The van der Waals surface area contributed by atoms with Crippen LogP contribution in [0.15, 0.2) is 21.6 Å². The van der Waals surface area contributed by atoms with E-state index in [-0.39, 0.29) is 5.76 Å². The standard InChI is InChI=1S/C6H6O5S/c1-4(7)5-2-3-6(11-5)12(8,9)10/h2-3H,1H3,(H,8,9,10). The molecule has 0 aliphatic carbocycles. The van der Waals surface area contributed by atoms with Crippen LogP contribution in [0.2, 0.25) is 0 Å². The second-order valence-corrected chi connectivity index (χ2v) is 3.50. The maximum Gasteiger partial charge on any atom is 0.328 e. The van der Waals surface area contributed by atoms with Crippen LogP contribution < -0.4 is 0 Å². The molecule has 12 heavy (non-hydrogen) atoms. The Morgan fingerprint density at radius 3 is 2.33 bits per heavy atom. The molecule has 0 aliphatic heterocycles. The molecule has 1 heterocycles. The van der Waals surface area contributed by atoms with Gasteiger partial charge in [0.05, 0.1) is 0 Å². The second kappa shape index (κ2) is 2.72. The highest BCUT2D eigenvalue weighted by Gasteiger charge is 2.16. The fourth-order valence-corrected chi connectivity index (χ4v) is 1.08. The number of ketones is 1. The summed E-state index contributed by atoms with van der Waals surface area (Å²) in [6.45, 7) is 1.23. The molecule has 0 fully saturated rings. The zero-order valence-electron chi connectivity index (χ0n) is 6.14. The van der Waals surface area contributed by atoms with Gasteiger partial charge >= 0.3 is 10.1 Å². The number of carbonyl (C=O) groups excluding carboxylic acids is 1. The van der Waals surface area contributed by atoms with Crippen molar-refractivity contribution >= 4 is 15.9 Å². The summed E-state index contributed by atoms with van der Waals surface area (Å²) in [5.74, 6) is -0.493. The zero-order chi connectivity index (χ0) is 9.35. The van der Waals surface area contributed by atoms with Crippen molar-refractivity contribution in [2.24, 2.45) is 0 Å². The Labute approximate surface area is 68.7 Å². The van der Waals surface area contributed by atoms with Gasteiger partial charge in [0.15, 0.2) is 11.5 Å². The van der Waals surface area contributed by atoms with Crippen LogP contribution in [0.4, 0.5) is 0 Å². The molecule has 0 aromatic carbocycles. The van der Waals surface area contributed by atoms with Crippen LogP contribution in [0.3, 0.4) is 0 Å². The predicted octanol–water partition coefficient (Wildman–Crippen LogP) is 0.729. The third kappa shape index (κ3) is 1.72. The van der Waals surface area contributed by atoms with Crippen LogP contribution in [0, 0.1) is 0 Å². The van der Waals surface area contributed by atoms with Gasteiger partial charge in [-0.3, -0.25) is 9.35 Å². The Bertz CT molecular complexity index is 399. The van der Waals surface area contributed by atoms with Gasteiger partial charge in [-0.25, -0.2) is 0 Å². The van der Waals surface area contributed by atoms with Crippen molar-refractivity contribution < 1.29 is 22.2 Å². The largest absolute Gasteiger partial charge is 0.439 e. The quantitative estimate of drug-likeness (QED) is 0.548. The van der Waals surface area contributed by atoms with Crippen molar-refractivity contribution in [3.05, 3.63) is 17.9 Å². The van der Waals surface area contributed by atoms with E-state index in [4.69, 9.17) is 4.55 Å². The average molecular weight is 190 g/mol. The molecular formula is C6H6O5S. The summed E-state index contributed by atoms with van der Waals surface area (Å²) in [6.07, 6.45) is 0. The molecule has 1 N–H and O–H groups in total. The van der Waals surface area contributed by atoms with E-state index in [0.717, 1.165) is 6.07 Å². The fourth-order valence-electron chi connectivity index (χ4n) is 0.648. The first-order chi connectivity index (χ1) is 5.41. The Morgan fingerprint density at radius 2 is 2.08 bits per heavy atom. The van der Waals surface area contributed by atoms with Gasteiger partial charge in [0.2, 0.25) is 5.09 Å². The third-order valence-electron chi connectivity index (χ3n) is 1.18. The lowest BCUT2D eigenvalue weighted by Gasteiger charge is -1.88. The van der Waals surface area contributed by atoms with Crippen LogP contribution in [0.5, 0.6) is 0 Å². The Morgan fingerprint density at radius 1 is 1.50 bits per heavy atom. The lowest BCUT2D eigenvalue weighted by atomic mass is 10.3. The van der Waals surface area contributed by atoms with E-state index >= 15 is 0 Å². The molecule has 0 saturated heterocycles. The molecule has 1 rings (SSSR count). The van der Waals surface area contributed by atoms with Gasteiger partial charge in [-0.05, 0) is 12.1 Å². The van der Waals surface area contributed by atoms with Gasteiger partial charge in [0.1, 0.15) is 0 Å². The second-order valence-electron chi connectivity index (χ2n) is 2.15. The highest BCUT2D eigenvalue weighted by atomic mass is 32.2. The lowest BCUT2D eigenvalue weighted by Crippen LogP contribution is -1.95. The van der Waals surface area contributed by atoms with Crippen molar-refractivity contribution in [1.82, 2.24) is 0 Å². The first-order valence-electron chi connectivity index (χ1n) is 2.99. The molecule has 0 radical (unpaired) electrons. The van der Waals surface area contributed by atoms with Gasteiger partial charge in [0, 0.05) is 6.92 Å². The topological polar surface area (TPSA) is 84.6 Å². The van der Waals surface area contributed by atoms with Crippen molar-refractivity contribution in [3.63, 3.8) is 0 Å². The SMILES string of the molecule is CC(=O)c1ccc(S(=O)(=O)O)o1. The Balaban J connectivity index is 3.17. The van der Waals surface area contributed by atoms with E-state index < -0.39 is 21.0 Å². The van der Waals surface area contributed by atoms with E-state index in [1.807, 2.05) is 0 Å². The number of hydrogen-bond donors (Lipinski definition) is 1. The molecule has 1 aromatic rings. The van der Waals surface area contributed by atoms with E-state index in [0.29, 0.717) is 0 Å². The van der Waals surface area contributed by atoms with Crippen LogP contribution >= 0.6 is 0 Å². The Hall–Kier alpha value is -1.14. The summed E-state index contributed by atoms with van der Waals surface area (Å²) in [6, 6.07) is 2.21. The van der Waals surface area contributed by atoms with Gasteiger partial charge in [-0.15, -0.1) is 0 Å². The molecule has 0 spiro atoms. The summed E-state index contributed by atoms with van der Waals surface area (Å²) < 4.78 is 33.8. The normalized spacial score (nSPS) is 11.5. The molecule has 0 amide bonds. The smallest absolute Gasteiger partial charge is 0.328 e. The highest BCUT2D eigenvalue weighted by molar-refractivity contribution is 7.85. The monoisotopic (exact) mass is 190 g/mol. The van der Waals surface area contributed by atoms with Crippen LogP contribution in [-0.4, -0.2) is 18.8 Å². The molecule has 0 unspecified atom stereocenters. The summed E-state index contributed by atoms with van der Waals surface area (Å²) in [7, 11) is -4.33. The minimum absolute atomic E-state index is 0.0948. The number of hydrogen-bond acceptors (Lipinski definition) is 4. The number of carbonyl (C=O) groups is 1. The van der Waals surface area contributed by atoms with E-state index in [1.165, 1.54) is 13.0 Å². The first kappa shape index (κ1) is 8.95. The van der Waals surface area contributed by atoms with Crippen LogP contribution in [0.25, 0.3) is 0 Å². The van der Waals surface area contributed by atoms with E-state index in [1.54, 1.807) is 0 Å². The predicted molar refractivity (Wildman–Crippen MR) is 38.5 cm³/mol. The van der Waals surface area contributed by atoms with Crippen molar-refractivity contribution in [1.29, 1.82) is 0 Å². The minimum Gasteiger partial charge on any atom is -0.439 e. The lowest BCUT2D eigenvalue weighted by molar-refractivity contribution is 0.0982. The molecule has 5 nitrogen and oxygen atoms in total. The summed E-state index contributed by atoms with van der Waals surface area (Å²) in [5, 5.41) is -0.618. The van der Waals surface area contributed by atoms with Crippen LogP contribution in [0.1, 0.15) is 17.5 Å². The maximum atomic E-state index is 10.6. The van der Waals surface area contributed by atoms with Crippen molar-refractivity contribution in [2.75, 3.05) is 0 Å². The number of furan rings is 1.